The van der Waals surface area contributed by atoms with Crippen LogP contribution >= 0.6 is 0 Å². The van der Waals surface area contributed by atoms with Crippen molar-refractivity contribution >= 4 is 23.7 Å². The van der Waals surface area contributed by atoms with Crippen LogP contribution in [0.5, 0.6) is 0 Å². The Labute approximate surface area is 123 Å². The lowest BCUT2D eigenvalue weighted by Crippen LogP contribution is -2.37. The maximum absolute atomic E-state index is 11.7. The van der Waals surface area contributed by atoms with Gasteiger partial charge in [-0.15, -0.1) is 0 Å². The molecule has 1 unspecified atom stereocenters. The zero-order valence-electron chi connectivity index (χ0n) is 12.4. The van der Waals surface area contributed by atoms with Crippen LogP contribution in [0.1, 0.15) is 39.5 Å². The van der Waals surface area contributed by atoms with E-state index in [4.69, 9.17) is 5.11 Å². The first-order valence-corrected chi connectivity index (χ1v) is 7.14. The molecule has 0 aliphatic carbocycles. The van der Waals surface area contributed by atoms with Crippen LogP contribution in [0.4, 0.5) is 0 Å². The van der Waals surface area contributed by atoms with Crippen molar-refractivity contribution in [2.45, 2.75) is 39.5 Å². The summed E-state index contributed by atoms with van der Waals surface area (Å²) in [6.07, 6.45) is 0.899. The van der Waals surface area contributed by atoms with E-state index in [0.717, 1.165) is 4.90 Å². The summed E-state index contributed by atoms with van der Waals surface area (Å²) in [6, 6.07) is 0. The predicted octanol–water partition coefficient (Wildman–Crippen LogP) is 0.389. The largest absolute Gasteiger partial charge is 0.481 e. The third-order valence-electron chi connectivity index (χ3n) is 3.37. The smallest absolute Gasteiger partial charge is 0.308 e. The minimum absolute atomic E-state index is 0.00545. The normalized spacial score (nSPS) is 16.4. The van der Waals surface area contributed by atoms with E-state index in [-0.39, 0.29) is 56.0 Å². The van der Waals surface area contributed by atoms with Crippen LogP contribution in [-0.4, -0.2) is 46.8 Å². The first-order chi connectivity index (χ1) is 9.81. The van der Waals surface area contributed by atoms with Gasteiger partial charge >= 0.3 is 5.97 Å². The third-order valence-corrected chi connectivity index (χ3v) is 3.37. The molecule has 1 saturated heterocycles. The van der Waals surface area contributed by atoms with Gasteiger partial charge in [0.2, 0.25) is 17.7 Å². The number of carbonyl (C=O) groups is 4. The molecule has 0 aromatic heterocycles. The fourth-order valence-electron chi connectivity index (χ4n) is 2.25. The Hall–Kier alpha value is -1.92. The van der Waals surface area contributed by atoms with Crippen LogP contribution in [0.3, 0.4) is 0 Å². The molecular weight excluding hydrogens is 276 g/mol. The molecule has 0 bridgehead atoms. The third kappa shape index (κ3) is 5.53. The van der Waals surface area contributed by atoms with Crippen molar-refractivity contribution in [3.8, 4) is 0 Å². The van der Waals surface area contributed by atoms with Gasteiger partial charge in [0.1, 0.15) is 0 Å². The summed E-state index contributed by atoms with van der Waals surface area (Å²) in [6.45, 7) is 3.96. The number of imide groups is 1. The van der Waals surface area contributed by atoms with Crippen LogP contribution in [0.2, 0.25) is 0 Å². The topological polar surface area (TPSA) is 104 Å². The van der Waals surface area contributed by atoms with E-state index in [1.54, 1.807) is 0 Å². The number of carboxylic acids is 1. The summed E-state index contributed by atoms with van der Waals surface area (Å²) in [5.41, 5.74) is 0. The number of rotatable bonds is 8. The number of carboxylic acid groups (broad SMARTS) is 1. The number of aliphatic carboxylic acids is 1. The average molecular weight is 298 g/mol. The van der Waals surface area contributed by atoms with Crippen molar-refractivity contribution in [1.82, 2.24) is 10.2 Å². The Kier molecular flexibility index (Phi) is 6.33. The molecule has 1 aliphatic rings. The molecule has 0 aromatic rings. The molecule has 21 heavy (non-hydrogen) atoms. The molecule has 7 nitrogen and oxygen atoms in total. The molecule has 2 N–H and O–H groups in total. The van der Waals surface area contributed by atoms with Crippen molar-refractivity contribution in [1.29, 1.82) is 0 Å². The molecular formula is C14H22N2O5. The number of nitrogens with zero attached hydrogens (tertiary/aromatic N) is 1. The van der Waals surface area contributed by atoms with Crippen molar-refractivity contribution in [2.24, 2.45) is 11.8 Å². The number of hydrogen-bond acceptors (Lipinski definition) is 4. The lowest BCUT2D eigenvalue weighted by atomic mass is 9.97. The fourth-order valence-corrected chi connectivity index (χ4v) is 2.25. The van der Waals surface area contributed by atoms with E-state index in [0.29, 0.717) is 6.42 Å². The van der Waals surface area contributed by atoms with E-state index in [2.05, 4.69) is 5.32 Å². The Bertz CT molecular complexity index is 417. The van der Waals surface area contributed by atoms with Crippen LogP contribution in [0, 0.1) is 11.8 Å². The van der Waals surface area contributed by atoms with E-state index < -0.39 is 11.9 Å². The van der Waals surface area contributed by atoms with Gasteiger partial charge < -0.3 is 10.4 Å². The highest BCUT2D eigenvalue weighted by molar-refractivity contribution is 6.02. The van der Waals surface area contributed by atoms with Gasteiger partial charge in [-0.25, -0.2) is 0 Å². The van der Waals surface area contributed by atoms with E-state index >= 15 is 0 Å². The van der Waals surface area contributed by atoms with Crippen molar-refractivity contribution < 1.29 is 24.3 Å². The van der Waals surface area contributed by atoms with E-state index in [1.807, 2.05) is 13.8 Å². The van der Waals surface area contributed by atoms with Gasteiger partial charge in [0.05, 0.1) is 5.92 Å². The Balaban J connectivity index is 2.34. The standard InChI is InChI=1S/C14H22N2O5/c1-9(2)7-10(14(20)21)8-15-11(17)5-6-16-12(18)3-4-13(16)19/h9-10H,3-8H2,1-2H3,(H,15,17)(H,20,21). The zero-order chi connectivity index (χ0) is 16.0. The SMILES string of the molecule is CC(C)CC(CNC(=O)CCN1C(=O)CCC1=O)C(=O)O. The summed E-state index contributed by atoms with van der Waals surface area (Å²) in [5, 5.41) is 11.6. The summed E-state index contributed by atoms with van der Waals surface area (Å²) in [4.78, 5) is 46.5. The van der Waals surface area contributed by atoms with Gasteiger partial charge in [-0.1, -0.05) is 13.8 Å². The van der Waals surface area contributed by atoms with Gasteiger partial charge in [-0.05, 0) is 12.3 Å². The van der Waals surface area contributed by atoms with Crippen molar-refractivity contribution in [3.63, 3.8) is 0 Å². The molecule has 7 heteroatoms. The molecule has 3 amide bonds. The fraction of sp³-hybridized carbons (Fsp3) is 0.714. The van der Waals surface area contributed by atoms with Crippen molar-refractivity contribution in [3.05, 3.63) is 0 Å². The quantitative estimate of drug-likeness (QED) is 0.631. The monoisotopic (exact) mass is 298 g/mol. The van der Waals surface area contributed by atoms with Crippen LogP contribution in [0.25, 0.3) is 0 Å². The van der Waals surface area contributed by atoms with Crippen LogP contribution < -0.4 is 5.32 Å². The highest BCUT2D eigenvalue weighted by atomic mass is 16.4. The molecule has 1 fully saturated rings. The summed E-state index contributed by atoms with van der Waals surface area (Å²) >= 11 is 0. The second-order valence-electron chi connectivity index (χ2n) is 5.66. The first-order valence-electron chi connectivity index (χ1n) is 7.14. The first kappa shape index (κ1) is 17.1. The molecule has 1 heterocycles. The maximum atomic E-state index is 11.7. The molecule has 1 rings (SSSR count). The molecule has 0 radical (unpaired) electrons. The summed E-state index contributed by atoms with van der Waals surface area (Å²) < 4.78 is 0. The molecule has 1 atom stereocenters. The van der Waals surface area contributed by atoms with Gasteiger partial charge in [0.15, 0.2) is 0 Å². The van der Waals surface area contributed by atoms with Gasteiger partial charge in [-0.3, -0.25) is 24.1 Å². The van der Waals surface area contributed by atoms with E-state index in [9.17, 15) is 19.2 Å². The zero-order valence-corrected chi connectivity index (χ0v) is 12.4. The Morgan fingerprint density at radius 1 is 1.24 bits per heavy atom. The number of amides is 3. The van der Waals surface area contributed by atoms with Gasteiger partial charge in [0, 0.05) is 32.4 Å². The van der Waals surface area contributed by atoms with Crippen LogP contribution in [0.15, 0.2) is 0 Å². The molecule has 0 saturated carbocycles. The van der Waals surface area contributed by atoms with Gasteiger partial charge in [-0.2, -0.15) is 0 Å². The average Bonchev–Trinajstić information content (AvgIpc) is 2.71. The number of nitrogens with one attached hydrogen (secondary N) is 1. The molecule has 0 aromatic carbocycles. The lowest BCUT2D eigenvalue weighted by Gasteiger charge is -2.16. The van der Waals surface area contributed by atoms with E-state index in [1.165, 1.54) is 0 Å². The van der Waals surface area contributed by atoms with Gasteiger partial charge in [0.25, 0.3) is 0 Å². The van der Waals surface area contributed by atoms with Crippen molar-refractivity contribution in [2.75, 3.05) is 13.1 Å². The molecule has 118 valence electrons. The predicted molar refractivity (Wildman–Crippen MR) is 74.2 cm³/mol. The Morgan fingerprint density at radius 2 is 1.81 bits per heavy atom. The Morgan fingerprint density at radius 3 is 2.29 bits per heavy atom. The van der Waals surface area contributed by atoms with Crippen LogP contribution in [-0.2, 0) is 19.2 Å². The number of hydrogen-bond donors (Lipinski definition) is 2. The highest BCUT2D eigenvalue weighted by Gasteiger charge is 2.29. The second-order valence-corrected chi connectivity index (χ2v) is 5.66. The molecule has 1 aliphatic heterocycles. The number of carbonyl (C=O) groups excluding carboxylic acids is 3. The minimum atomic E-state index is -0.936. The molecule has 0 spiro atoms. The summed E-state index contributed by atoms with van der Waals surface area (Å²) in [7, 11) is 0. The lowest BCUT2D eigenvalue weighted by molar-refractivity contribution is -0.142. The second kappa shape index (κ2) is 7.75. The minimum Gasteiger partial charge on any atom is -0.481 e. The summed E-state index contributed by atoms with van der Waals surface area (Å²) in [5.74, 6) is -2.19. The number of likely N-dealkylation sites (tertiary alicyclic amines) is 1. The highest BCUT2D eigenvalue weighted by Crippen LogP contribution is 2.13. The maximum Gasteiger partial charge on any atom is 0.308 e.